The van der Waals surface area contributed by atoms with Crippen LogP contribution in [0.3, 0.4) is 0 Å². The molecule has 104 valence electrons. The van der Waals surface area contributed by atoms with Gasteiger partial charge in [0.1, 0.15) is 0 Å². The Morgan fingerprint density at radius 1 is 1.50 bits per heavy atom. The third kappa shape index (κ3) is 3.70. The molecular weight excluding hydrogens is 230 g/mol. The minimum absolute atomic E-state index is 0.0216. The molecule has 0 aromatic carbocycles. The number of nitrogens with two attached hydrogens (primary N) is 1. The number of likely N-dealkylation sites (tertiary alicyclic amines) is 1. The van der Waals surface area contributed by atoms with E-state index in [9.17, 15) is 9.59 Å². The Kier molecular flexibility index (Phi) is 5.14. The average Bonchev–Trinajstić information content (AvgIpc) is 2.71. The first-order chi connectivity index (χ1) is 8.39. The maximum absolute atomic E-state index is 12.0. The summed E-state index contributed by atoms with van der Waals surface area (Å²) < 4.78 is 0. The van der Waals surface area contributed by atoms with Crippen molar-refractivity contribution in [3.05, 3.63) is 0 Å². The first kappa shape index (κ1) is 15.0. The van der Waals surface area contributed by atoms with E-state index in [2.05, 4.69) is 5.32 Å². The molecule has 2 atom stereocenters. The molecule has 0 spiro atoms. The third-order valence-corrected chi connectivity index (χ3v) is 3.65. The Labute approximate surface area is 109 Å². The van der Waals surface area contributed by atoms with Gasteiger partial charge in [0.2, 0.25) is 11.8 Å². The van der Waals surface area contributed by atoms with Crippen molar-refractivity contribution in [1.29, 1.82) is 0 Å². The molecule has 1 heterocycles. The van der Waals surface area contributed by atoms with Gasteiger partial charge < -0.3 is 16.0 Å². The van der Waals surface area contributed by atoms with Gasteiger partial charge in [0.25, 0.3) is 0 Å². The topological polar surface area (TPSA) is 75.4 Å². The van der Waals surface area contributed by atoms with Crippen LogP contribution in [0.15, 0.2) is 0 Å². The molecular formula is C13H25N3O2. The van der Waals surface area contributed by atoms with Crippen LogP contribution in [-0.4, -0.2) is 42.9 Å². The summed E-state index contributed by atoms with van der Waals surface area (Å²) in [6.07, 6.45) is 2.97. The first-order valence-corrected chi connectivity index (χ1v) is 6.64. The molecule has 0 saturated carbocycles. The summed E-state index contributed by atoms with van der Waals surface area (Å²) in [6.45, 7) is 5.08. The predicted molar refractivity (Wildman–Crippen MR) is 70.9 cm³/mol. The van der Waals surface area contributed by atoms with Crippen molar-refractivity contribution in [1.82, 2.24) is 10.2 Å². The second-order valence-corrected chi connectivity index (χ2v) is 5.57. The molecule has 0 radical (unpaired) electrons. The number of hydrogen-bond acceptors (Lipinski definition) is 3. The van der Waals surface area contributed by atoms with Gasteiger partial charge in [0, 0.05) is 32.6 Å². The van der Waals surface area contributed by atoms with Crippen LogP contribution in [0.5, 0.6) is 0 Å². The molecule has 2 unspecified atom stereocenters. The fourth-order valence-corrected chi connectivity index (χ4v) is 2.39. The SMILES string of the molecule is CNC(=O)C1(C)CCN(C(=O)CCCC(C)N)C1. The van der Waals surface area contributed by atoms with Crippen molar-refractivity contribution in [2.24, 2.45) is 11.1 Å². The molecule has 2 amide bonds. The van der Waals surface area contributed by atoms with Gasteiger partial charge in [-0.25, -0.2) is 0 Å². The van der Waals surface area contributed by atoms with Gasteiger partial charge in [-0.05, 0) is 33.1 Å². The van der Waals surface area contributed by atoms with Gasteiger partial charge in [0.05, 0.1) is 5.41 Å². The Morgan fingerprint density at radius 2 is 2.17 bits per heavy atom. The Morgan fingerprint density at radius 3 is 2.72 bits per heavy atom. The van der Waals surface area contributed by atoms with Gasteiger partial charge in [0.15, 0.2) is 0 Å². The van der Waals surface area contributed by atoms with Crippen molar-refractivity contribution in [3.8, 4) is 0 Å². The molecule has 3 N–H and O–H groups in total. The number of carbonyl (C=O) groups is 2. The number of rotatable bonds is 5. The highest BCUT2D eigenvalue weighted by Crippen LogP contribution is 2.30. The number of amides is 2. The largest absolute Gasteiger partial charge is 0.359 e. The molecule has 5 heteroatoms. The minimum atomic E-state index is -0.425. The summed E-state index contributed by atoms with van der Waals surface area (Å²) in [5.41, 5.74) is 5.23. The number of nitrogens with one attached hydrogen (secondary N) is 1. The Bertz CT molecular complexity index is 317. The van der Waals surface area contributed by atoms with E-state index in [-0.39, 0.29) is 17.9 Å². The molecule has 0 aromatic rings. The molecule has 5 nitrogen and oxygen atoms in total. The lowest BCUT2D eigenvalue weighted by atomic mass is 9.89. The van der Waals surface area contributed by atoms with E-state index < -0.39 is 5.41 Å². The van der Waals surface area contributed by atoms with E-state index in [0.29, 0.717) is 19.5 Å². The smallest absolute Gasteiger partial charge is 0.227 e. The quantitative estimate of drug-likeness (QED) is 0.750. The van der Waals surface area contributed by atoms with E-state index in [1.54, 1.807) is 11.9 Å². The van der Waals surface area contributed by atoms with Gasteiger partial charge in [-0.2, -0.15) is 0 Å². The molecule has 0 aliphatic carbocycles. The third-order valence-electron chi connectivity index (χ3n) is 3.65. The van der Waals surface area contributed by atoms with Gasteiger partial charge >= 0.3 is 0 Å². The first-order valence-electron chi connectivity index (χ1n) is 6.64. The predicted octanol–water partition coefficient (Wildman–Crippen LogP) is 0.489. The zero-order valence-electron chi connectivity index (χ0n) is 11.7. The van der Waals surface area contributed by atoms with E-state index >= 15 is 0 Å². The van der Waals surface area contributed by atoms with E-state index in [1.165, 1.54) is 0 Å². The second kappa shape index (κ2) is 6.18. The van der Waals surface area contributed by atoms with E-state index in [4.69, 9.17) is 5.73 Å². The van der Waals surface area contributed by atoms with Crippen molar-refractivity contribution in [3.63, 3.8) is 0 Å². The lowest BCUT2D eigenvalue weighted by molar-refractivity contribution is -0.132. The van der Waals surface area contributed by atoms with Gasteiger partial charge in [-0.3, -0.25) is 9.59 Å². The molecule has 1 fully saturated rings. The van der Waals surface area contributed by atoms with Crippen molar-refractivity contribution in [2.75, 3.05) is 20.1 Å². The highest BCUT2D eigenvalue weighted by atomic mass is 16.2. The Balaban J connectivity index is 2.41. The van der Waals surface area contributed by atoms with Crippen molar-refractivity contribution in [2.45, 2.75) is 45.6 Å². The molecule has 0 aromatic heterocycles. The van der Waals surface area contributed by atoms with Gasteiger partial charge in [-0.15, -0.1) is 0 Å². The van der Waals surface area contributed by atoms with Crippen LogP contribution in [0.25, 0.3) is 0 Å². The fourth-order valence-electron chi connectivity index (χ4n) is 2.39. The van der Waals surface area contributed by atoms with Crippen molar-refractivity contribution >= 4 is 11.8 Å². The van der Waals surface area contributed by atoms with E-state index in [0.717, 1.165) is 19.3 Å². The highest BCUT2D eigenvalue weighted by Gasteiger charge is 2.41. The molecule has 18 heavy (non-hydrogen) atoms. The maximum Gasteiger partial charge on any atom is 0.227 e. The highest BCUT2D eigenvalue weighted by molar-refractivity contribution is 5.84. The molecule has 0 bridgehead atoms. The van der Waals surface area contributed by atoms with Crippen LogP contribution in [0.4, 0.5) is 0 Å². The van der Waals surface area contributed by atoms with Crippen LogP contribution < -0.4 is 11.1 Å². The standard InChI is InChI=1S/C13H25N3O2/c1-10(14)5-4-6-11(17)16-8-7-13(2,9-16)12(18)15-3/h10H,4-9,14H2,1-3H3,(H,15,18). The lowest BCUT2D eigenvalue weighted by Crippen LogP contribution is -2.40. The number of carbonyl (C=O) groups excluding carboxylic acids is 2. The van der Waals surface area contributed by atoms with Crippen LogP contribution in [0, 0.1) is 5.41 Å². The number of nitrogens with zero attached hydrogens (tertiary/aromatic N) is 1. The molecule has 1 saturated heterocycles. The fraction of sp³-hybridized carbons (Fsp3) is 0.846. The molecule has 1 aliphatic rings. The Hall–Kier alpha value is -1.10. The summed E-state index contributed by atoms with van der Waals surface area (Å²) in [6, 6.07) is 0.146. The van der Waals surface area contributed by atoms with Crippen molar-refractivity contribution < 1.29 is 9.59 Å². The van der Waals surface area contributed by atoms with Crippen LogP contribution in [0.2, 0.25) is 0 Å². The van der Waals surface area contributed by atoms with Crippen LogP contribution in [0.1, 0.15) is 39.5 Å². The summed E-state index contributed by atoms with van der Waals surface area (Å²) in [5, 5.41) is 2.67. The monoisotopic (exact) mass is 255 g/mol. The second-order valence-electron chi connectivity index (χ2n) is 5.57. The van der Waals surface area contributed by atoms with Crippen LogP contribution in [-0.2, 0) is 9.59 Å². The summed E-state index contributed by atoms with van der Waals surface area (Å²) in [4.78, 5) is 25.5. The zero-order valence-corrected chi connectivity index (χ0v) is 11.7. The lowest BCUT2D eigenvalue weighted by Gasteiger charge is -2.22. The average molecular weight is 255 g/mol. The molecule has 1 aliphatic heterocycles. The zero-order chi connectivity index (χ0) is 13.8. The summed E-state index contributed by atoms with van der Waals surface area (Å²) >= 11 is 0. The minimum Gasteiger partial charge on any atom is -0.359 e. The summed E-state index contributed by atoms with van der Waals surface area (Å²) in [7, 11) is 1.64. The summed E-state index contributed by atoms with van der Waals surface area (Å²) in [5.74, 6) is 0.164. The number of hydrogen-bond donors (Lipinski definition) is 2. The van der Waals surface area contributed by atoms with Crippen LogP contribution >= 0.6 is 0 Å². The van der Waals surface area contributed by atoms with E-state index in [1.807, 2.05) is 13.8 Å². The normalized spacial score (nSPS) is 25.0. The van der Waals surface area contributed by atoms with Gasteiger partial charge in [-0.1, -0.05) is 0 Å². The molecule has 1 rings (SSSR count). The maximum atomic E-state index is 12.0.